The molecule has 2 N–H and O–H groups in total. The van der Waals surface area contributed by atoms with E-state index in [0.717, 1.165) is 0 Å². The average Bonchev–Trinajstić information content (AvgIpc) is 2.80. The first kappa shape index (κ1) is 22.3. The molecule has 0 radical (unpaired) electrons. The van der Waals surface area contributed by atoms with Gasteiger partial charge in [-0.3, -0.25) is 15.0 Å². The van der Waals surface area contributed by atoms with Crippen LogP contribution >= 0.6 is 23.8 Å². The van der Waals surface area contributed by atoms with Crippen LogP contribution in [0.3, 0.4) is 0 Å². The Bertz CT molecular complexity index is 1160. The van der Waals surface area contributed by atoms with Gasteiger partial charge in [0.25, 0.3) is 5.91 Å². The smallest absolute Gasteiger partial charge is 0.256 e. The fourth-order valence-corrected chi connectivity index (χ4v) is 3.74. The van der Waals surface area contributed by atoms with E-state index in [1.54, 1.807) is 78.9 Å². The lowest BCUT2D eigenvalue weighted by atomic mass is 9.85. The van der Waals surface area contributed by atoms with Crippen molar-refractivity contribution >= 4 is 46.4 Å². The average molecular weight is 447 g/mol. The summed E-state index contributed by atoms with van der Waals surface area (Å²) >= 11 is 11.8. The van der Waals surface area contributed by atoms with Gasteiger partial charge < -0.3 is 5.32 Å². The van der Waals surface area contributed by atoms with E-state index in [2.05, 4.69) is 11.2 Å². The molecule has 0 aromatic heterocycles. The topological polar surface area (TPSA) is 70.0 Å². The van der Waals surface area contributed by atoms with E-state index in [1.165, 1.54) is 0 Å². The van der Waals surface area contributed by atoms with Gasteiger partial charge in [0.2, 0.25) is 0 Å². The number of hydrogen-bond donors (Lipinski definition) is 2. The minimum atomic E-state index is -0.637. The molecule has 31 heavy (non-hydrogen) atoms. The molecule has 3 aromatic rings. The molecule has 0 aliphatic rings. The van der Waals surface area contributed by atoms with E-state index >= 15 is 0 Å². The maximum absolute atomic E-state index is 13.0. The summed E-state index contributed by atoms with van der Waals surface area (Å²) in [6.45, 7) is 0. The Morgan fingerprint density at radius 1 is 0.903 bits per heavy atom. The highest BCUT2D eigenvalue weighted by Gasteiger charge is 2.27. The first-order valence-electron chi connectivity index (χ1n) is 9.54. The summed E-state index contributed by atoms with van der Waals surface area (Å²) in [6.07, 6.45) is 0.0241. The number of rotatable bonds is 7. The zero-order valence-electron chi connectivity index (χ0n) is 16.5. The summed E-state index contributed by atoms with van der Waals surface area (Å²) < 4.78 is 0. The van der Waals surface area contributed by atoms with Gasteiger partial charge >= 0.3 is 0 Å². The largest absolute Gasteiger partial charge is 0.312 e. The zero-order valence-corrected chi connectivity index (χ0v) is 18.0. The third-order valence-corrected chi connectivity index (χ3v) is 5.42. The second kappa shape index (κ2) is 10.6. The molecule has 154 valence electrons. The normalized spacial score (nSPS) is 11.1. The van der Waals surface area contributed by atoms with Crippen LogP contribution < -0.4 is 5.32 Å². The Labute approximate surface area is 191 Å². The molecule has 1 atom stereocenters. The van der Waals surface area contributed by atoms with Gasteiger partial charge in [0, 0.05) is 28.5 Å². The van der Waals surface area contributed by atoms with Crippen molar-refractivity contribution in [2.24, 2.45) is 0 Å². The van der Waals surface area contributed by atoms with Crippen molar-refractivity contribution in [1.82, 2.24) is 5.32 Å². The van der Waals surface area contributed by atoms with Gasteiger partial charge in [-0.15, -0.1) is 0 Å². The molecule has 0 aliphatic carbocycles. The fraction of sp³-hybridized carbons (Fsp3) is 0.0800. The lowest BCUT2D eigenvalue weighted by Gasteiger charge is -2.21. The van der Waals surface area contributed by atoms with Crippen molar-refractivity contribution in [3.63, 3.8) is 0 Å². The number of hydrogen-bond acceptors (Lipinski definition) is 4. The van der Waals surface area contributed by atoms with Crippen molar-refractivity contribution in [3.05, 3.63) is 112 Å². The standard InChI is InChI=1S/C25H19ClN2O2S/c26-22-14-8-7-13-19(22)20(15-23(29)17-9-3-1-4-10-17)21(16-27)25(31)28-24(30)18-11-5-2-6-12-18/h1-14,20,27H,15H2,(H,28,30,31). The van der Waals surface area contributed by atoms with Crippen LogP contribution in [0.1, 0.15) is 38.6 Å². The molecule has 0 fully saturated rings. The van der Waals surface area contributed by atoms with Crippen LogP contribution in [0.5, 0.6) is 0 Å². The van der Waals surface area contributed by atoms with Gasteiger partial charge in [-0.25, -0.2) is 0 Å². The van der Waals surface area contributed by atoms with Crippen molar-refractivity contribution in [2.75, 3.05) is 0 Å². The maximum Gasteiger partial charge on any atom is 0.256 e. The number of benzene rings is 3. The quantitative estimate of drug-likeness (QED) is 0.214. The van der Waals surface area contributed by atoms with E-state index in [0.29, 0.717) is 21.7 Å². The summed E-state index contributed by atoms with van der Waals surface area (Å²) in [5, 5.41) is 10.9. The number of carbonyl (C=O) groups excluding carboxylic acids is 2. The summed E-state index contributed by atoms with van der Waals surface area (Å²) in [5.74, 6) is 1.18. The number of ketones is 1. The summed E-state index contributed by atoms with van der Waals surface area (Å²) in [5.41, 5.74) is 1.84. The lowest BCUT2D eigenvalue weighted by Crippen LogP contribution is -2.32. The third-order valence-electron chi connectivity index (χ3n) is 4.76. The van der Waals surface area contributed by atoms with E-state index in [9.17, 15) is 9.59 Å². The van der Waals surface area contributed by atoms with E-state index < -0.39 is 11.8 Å². The fourth-order valence-electron chi connectivity index (χ4n) is 3.19. The van der Waals surface area contributed by atoms with Gasteiger partial charge in [-0.05, 0) is 29.6 Å². The number of thiocarbonyl (C=S) groups is 1. The van der Waals surface area contributed by atoms with Crippen LogP contribution in [0.4, 0.5) is 0 Å². The molecule has 6 heteroatoms. The van der Waals surface area contributed by atoms with Gasteiger partial charge in [0.05, 0.1) is 5.57 Å². The highest BCUT2D eigenvalue weighted by Crippen LogP contribution is 2.33. The molecule has 0 saturated heterocycles. The zero-order chi connectivity index (χ0) is 22.2. The molecule has 0 spiro atoms. The highest BCUT2D eigenvalue weighted by molar-refractivity contribution is 7.80. The molecular formula is C25H19ClN2O2S. The van der Waals surface area contributed by atoms with Crippen molar-refractivity contribution in [1.29, 1.82) is 5.41 Å². The van der Waals surface area contributed by atoms with E-state index in [-0.39, 0.29) is 22.8 Å². The molecule has 3 rings (SSSR count). The summed E-state index contributed by atoms with van der Waals surface area (Å²) in [6, 6.07) is 24.6. The van der Waals surface area contributed by atoms with Gasteiger partial charge in [-0.2, -0.15) is 0 Å². The molecular weight excluding hydrogens is 428 g/mol. The predicted molar refractivity (Wildman–Crippen MR) is 127 cm³/mol. The Hall–Kier alpha value is -3.37. The first-order valence-corrected chi connectivity index (χ1v) is 10.3. The molecule has 1 unspecified atom stereocenters. The molecule has 4 nitrogen and oxygen atoms in total. The second-order valence-electron chi connectivity index (χ2n) is 6.76. The van der Waals surface area contributed by atoms with Crippen LogP contribution in [0.25, 0.3) is 0 Å². The molecule has 0 aliphatic heterocycles. The first-order chi connectivity index (χ1) is 15.0. The summed E-state index contributed by atoms with van der Waals surface area (Å²) in [7, 11) is 0. The SMILES string of the molecule is N=C=C(C(=S)NC(=O)c1ccccc1)C(CC(=O)c1ccccc1)c1ccccc1Cl. The Morgan fingerprint density at radius 3 is 2.03 bits per heavy atom. The monoisotopic (exact) mass is 446 g/mol. The van der Waals surface area contributed by atoms with E-state index in [4.69, 9.17) is 29.2 Å². The summed E-state index contributed by atoms with van der Waals surface area (Å²) in [4.78, 5) is 25.5. The number of halogens is 1. The molecule has 0 heterocycles. The van der Waals surface area contributed by atoms with Crippen LogP contribution in [-0.4, -0.2) is 22.5 Å². The van der Waals surface area contributed by atoms with Crippen molar-refractivity contribution < 1.29 is 9.59 Å². The predicted octanol–water partition coefficient (Wildman–Crippen LogP) is 5.63. The molecule has 1 amide bonds. The number of amides is 1. The minimum absolute atomic E-state index is 0.0241. The number of nitrogens with one attached hydrogen (secondary N) is 2. The minimum Gasteiger partial charge on any atom is -0.312 e. The molecule has 0 bridgehead atoms. The lowest BCUT2D eigenvalue weighted by molar-refractivity contribution is 0.0972. The van der Waals surface area contributed by atoms with Crippen LogP contribution in [0.2, 0.25) is 5.02 Å². The highest BCUT2D eigenvalue weighted by atomic mass is 35.5. The Balaban J connectivity index is 1.92. The maximum atomic E-state index is 13.0. The van der Waals surface area contributed by atoms with Crippen LogP contribution in [0, 0.1) is 5.41 Å². The van der Waals surface area contributed by atoms with Crippen molar-refractivity contribution in [3.8, 4) is 0 Å². The number of Topliss-reactive ketones (excluding diaryl/α,β-unsaturated/α-hetero) is 1. The number of carbonyl (C=O) groups is 2. The van der Waals surface area contributed by atoms with Crippen LogP contribution in [0.15, 0.2) is 90.5 Å². The van der Waals surface area contributed by atoms with Gasteiger partial charge in [0.1, 0.15) is 4.99 Å². The molecule has 0 saturated carbocycles. The van der Waals surface area contributed by atoms with Crippen LogP contribution in [-0.2, 0) is 0 Å². The molecule has 3 aromatic carbocycles. The van der Waals surface area contributed by atoms with Crippen molar-refractivity contribution in [2.45, 2.75) is 12.3 Å². The third kappa shape index (κ3) is 5.62. The van der Waals surface area contributed by atoms with Gasteiger partial charge in [0.15, 0.2) is 5.78 Å². The second-order valence-corrected chi connectivity index (χ2v) is 7.57. The Kier molecular flexibility index (Phi) is 7.63. The van der Waals surface area contributed by atoms with E-state index in [1.807, 2.05) is 6.07 Å². The Morgan fingerprint density at radius 2 is 1.45 bits per heavy atom. The van der Waals surface area contributed by atoms with Gasteiger partial charge in [-0.1, -0.05) is 90.5 Å².